The van der Waals surface area contributed by atoms with Crippen molar-refractivity contribution in [3.05, 3.63) is 65.4 Å². The maximum Gasteiger partial charge on any atom is 0.195 e. The van der Waals surface area contributed by atoms with Gasteiger partial charge in [0.05, 0.1) is 0 Å². The van der Waals surface area contributed by atoms with Gasteiger partial charge in [0, 0.05) is 40.6 Å². The van der Waals surface area contributed by atoms with Crippen LogP contribution in [0.25, 0.3) is 10.9 Å². The van der Waals surface area contributed by atoms with E-state index in [4.69, 9.17) is 0 Å². The topological polar surface area (TPSA) is 45.8 Å². The normalized spacial score (nSPS) is 10.8. The third kappa shape index (κ3) is 2.01. The maximum atomic E-state index is 13.4. The van der Waals surface area contributed by atoms with E-state index in [0.717, 1.165) is 16.5 Å². The molecule has 0 spiro atoms. The third-order valence-corrected chi connectivity index (χ3v) is 3.03. The number of hydrogen-bond donors (Lipinski definition) is 1. The van der Waals surface area contributed by atoms with Crippen LogP contribution < -0.4 is 0 Å². The summed E-state index contributed by atoms with van der Waals surface area (Å²) in [5.41, 5.74) is 2.42. The van der Waals surface area contributed by atoms with Crippen molar-refractivity contribution in [2.75, 3.05) is 0 Å². The number of pyridine rings is 1. The molecule has 3 nitrogen and oxygen atoms in total. The van der Waals surface area contributed by atoms with Crippen molar-refractivity contribution in [2.24, 2.45) is 0 Å². The van der Waals surface area contributed by atoms with Crippen molar-refractivity contribution >= 4 is 16.7 Å². The number of nitrogens with one attached hydrogen (secondary N) is 1. The second-order valence-corrected chi connectivity index (χ2v) is 4.47. The van der Waals surface area contributed by atoms with Crippen molar-refractivity contribution < 1.29 is 9.18 Å². The zero-order chi connectivity index (χ0) is 13.4. The first kappa shape index (κ1) is 11.6. The molecule has 1 aromatic carbocycles. The van der Waals surface area contributed by atoms with Crippen molar-refractivity contribution in [3.63, 3.8) is 0 Å². The van der Waals surface area contributed by atoms with E-state index in [9.17, 15) is 9.18 Å². The monoisotopic (exact) mass is 254 g/mol. The van der Waals surface area contributed by atoms with E-state index in [2.05, 4.69) is 9.97 Å². The number of hydrogen-bond acceptors (Lipinski definition) is 2. The smallest absolute Gasteiger partial charge is 0.195 e. The van der Waals surface area contributed by atoms with E-state index in [0.29, 0.717) is 11.1 Å². The molecule has 0 aliphatic heterocycles. The summed E-state index contributed by atoms with van der Waals surface area (Å²) in [6, 6.07) is 6.13. The van der Waals surface area contributed by atoms with Crippen LogP contribution in [0.1, 0.15) is 21.5 Å². The molecule has 1 N–H and O–H groups in total. The molecule has 4 heteroatoms. The number of nitrogens with zero attached hydrogens (tertiary/aromatic N) is 1. The lowest BCUT2D eigenvalue weighted by molar-refractivity contribution is 0.104. The fourth-order valence-electron chi connectivity index (χ4n) is 2.17. The van der Waals surface area contributed by atoms with Crippen LogP contribution in [-0.2, 0) is 0 Å². The first-order chi connectivity index (χ1) is 9.15. The molecule has 2 aromatic heterocycles. The van der Waals surface area contributed by atoms with E-state index >= 15 is 0 Å². The Morgan fingerprint density at radius 2 is 2.16 bits per heavy atom. The second kappa shape index (κ2) is 4.31. The molecule has 0 amide bonds. The summed E-state index contributed by atoms with van der Waals surface area (Å²) in [5, 5.41) is 0.745. The second-order valence-electron chi connectivity index (χ2n) is 4.47. The molecule has 3 aromatic rings. The van der Waals surface area contributed by atoms with E-state index in [1.54, 1.807) is 37.6 Å². The first-order valence-corrected chi connectivity index (χ1v) is 5.88. The van der Waals surface area contributed by atoms with Gasteiger partial charge >= 0.3 is 0 Å². The van der Waals surface area contributed by atoms with E-state index in [1.165, 1.54) is 12.1 Å². The van der Waals surface area contributed by atoms with Gasteiger partial charge in [0.2, 0.25) is 0 Å². The first-order valence-electron chi connectivity index (χ1n) is 5.88. The third-order valence-electron chi connectivity index (χ3n) is 3.03. The Hall–Kier alpha value is -2.49. The van der Waals surface area contributed by atoms with E-state index < -0.39 is 5.82 Å². The number of benzene rings is 1. The van der Waals surface area contributed by atoms with Crippen LogP contribution >= 0.6 is 0 Å². The van der Waals surface area contributed by atoms with Crippen LogP contribution in [-0.4, -0.2) is 15.8 Å². The predicted molar refractivity (Wildman–Crippen MR) is 70.7 cm³/mol. The van der Waals surface area contributed by atoms with Crippen LogP contribution in [0.4, 0.5) is 4.39 Å². The van der Waals surface area contributed by atoms with Crippen LogP contribution in [0.5, 0.6) is 0 Å². The summed E-state index contributed by atoms with van der Waals surface area (Å²) in [6.07, 6.45) is 4.92. The quantitative estimate of drug-likeness (QED) is 0.713. The van der Waals surface area contributed by atoms with Gasteiger partial charge in [-0.2, -0.15) is 0 Å². The number of rotatable bonds is 2. The Morgan fingerprint density at radius 3 is 2.95 bits per heavy atom. The van der Waals surface area contributed by atoms with Gasteiger partial charge < -0.3 is 4.98 Å². The fraction of sp³-hybridized carbons (Fsp3) is 0.0667. The molecule has 0 radical (unpaired) electrons. The predicted octanol–water partition coefficient (Wildman–Crippen LogP) is 3.24. The Bertz CT molecular complexity index is 756. The average Bonchev–Trinajstić information content (AvgIpc) is 2.80. The van der Waals surface area contributed by atoms with Gasteiger partial charge in [-0.15, -0.1) is 0 Å². The van der Waals surface area contributed by atoms with Crippen LogP contribution in [0.2, 0.25) is 0 Å². The molecule has 0 unspecified atom stereocenters. The lowest BCUT2D eigenvalue weighted by Gasteiger charge is -2.02. The number of aryl methyl sites for hydroxylation is 1. The minimum Gasteiger partial charge on any atom is -0.360 e. The Kier molecular flexibility index (Phi) is 2.63. The molecular formula is C15H11FN2O. The molecule has 0 aliphatic carbocycles. The highest BCUT2D eigenvalue weighted by molar-refractivity contribution is 6.16. The highest BCUT2D eigenvalue weighted by Gasteiger charge is 2.15. The number of fused-ring (bicyclic) bond motifs is 1. The molecule has 0 saturated carbocycles. The molecule has 0 bridgehead atoms. The average molecular weight is 254 g/mol. The van der Waals surface area contributed by atoms with Crippen molar-refractivity contribution in [1.29, 1.82) is 0 Å². The Labute approximate surface area is 109 Å². The summed E-state index contributed by atoms with van der Waals surface area (Å²) in [4.78, 5) is 19.4. The summed E-state index contributed by atoms with van der Waals surface area (Å²) < 4.78 is 13.4. The molecular weight excluding hydrogens is 243 g/mol. The molecule has 94 valence electrons. The standard InChI is InChI=1S/C15H11FN2O/c1-9-4-10(6-11(16)5-9)15(19)13-8-18-14-2-3-17-7-12(13)14/h2-8,18H,1H3. The van der Waals surface area contributed by atoms with E-state index in [1.807, 2.05) is 0 Å². The Balaban J connectivity index is 2.13. The number of aromatic amines is 1. The highest BCUT2D eigenvalue weighted by atomic mass is 19.1. The van der Waals surface area contributed by atoms with Crippen molar-refractivity contribution in [2.45, 2.75) is 6.92 Å². The molecule has 0 saturated heterocycles. The summed E-state index contributed by atoms with van der Waals surface area (Å²) >= 11 is 0. The maximum absolute atomic E-state index is 13.4. The highest BCUT2D eigenvalue weighted by Crippen LogP contribution is 2.21. The number of ketones is 1. The molecule has 0 atom stereocenters. The van der Waals surface area contributed by atoms with Gasteiger partial charge in [-0.05, 0) is 36.8 Å². The van der Waals surface area contributed by atoms with Gasteiger partial charge in [-0.3, -0.25) is 9.78 Å². The zero-order valence-corrected chi connectivity index (χ0v) is 10.3. The molecule has 3 rings (SSSR count). The number of aromatic nitrogens is 2. The van der Waals surface area contributed by atoms with Crippen molar-refractivity contribution in [3.8, 4) is 0 Å². The zero-order valence-electron chi connectivity index (χ0n) is 10.3. The molecule has 0 fully saturated rings. The lowest BCUT2D eigenvalue weighted by Crippen LogP contribution is -2.01. The summed E-state index contributed by atoms with van der Waals surface area (Å²) in [6.45, 7) is 1.76. The number of H-pyrrole nitrogens is 1. The van der Waals surface area contributed by atoms with E-state index in [-0.39, 0.29) is 5.78 Å². The number of halogens is 1. The van der Waals surface area contributed by atoms with Crippen LogP contribution in [0, 0.1) is 12.7 Å². The van der Waals surface area contributed by atoms with Gasteiger partial charge in [0.15, 0.2) is 5.78 Å². The molecule has 19 heavy (non-hydrogen) atoms. The SMILES string of the molecule is Cc1cc(F)cc(C(=O)c2c[nH]c3ccncc23)c1. The van der Waals surface area contributed by atoms with Crippen LogP contribution in [0.3, 0.4) is 0 Å². The van der Waals surface area contributed by atoms with Gasteiger partial charge in [0.25, 0.3) is 0 Å². The number of carbonyl (C=O) groups excluding carboxylic acids is 1. The van der Waals surface area contributed by atoms with Crippen molar-refractivity contribution in [1.82, 2.24) is 9.97 Å². The van der Waals surface area contributed by atoms with Crippen LogP contribution in [0.15, 0.2) is 42.9 Å². The fourth-order valence-corrected chi connectivity index (χ4v) is 2.17. The summed E-state index contributed by atoms with van der Waals surface area (Å²) in [5.74, 6) is -0.608. The minimum absolute atomic E-state index is 0.207. The van der Waals surface area contributed by atoms with Gasteiger partial charge in [-0.1, -0.05) is 0 Å². The minimum atomic E-state index is -0.402. The molecule has 2 heterocycles. The number of carbonyl (C=O) groups is 1. The Morgan fingerprint density at radius 1 is 1.32 bits per heavy atom. The van der Waals surface area contributed by atoms with Gasteiger partial charge in [-0.25, -0.2) is 4.39 Å². The lowest BCUT2D eigenvalue weighted by atomic mass is 10.0. The molecule has 0 aliphatic rings. The largest absolute Gasteiger partial charge is 0.360 e. The van der Waals surface area contributed by atoms with Gasteiger partial charge in [0.1, 0.15) is 5.82 Å². The summed E-state index contributed by atoms with van der Waals surface area (Å²) in [7, 11) is 0.